The number of rotatable bonds is 2. The van der Waals surface area contributed by atoms with Gasteiger partial charge in [-0.2, -0.15) is 5.10 Å². The van der Waals surface area contributed by atoms with Crippen molar-refractivity contribution < 1.29 is 13.9 Å². The van der Waals surface area contributed by atoms with E-state index in [1.165, 1.54) is 30.3 Å². The Labute approximate surface area is 107 Å². The van der Waals surface area contributed by atoms with Gasteiger partial charge in [0.05, 0.1) is 23.9 Å². The van der Waals surface area contributed by atoms with Gasteiger partial charge in [0, 0.05) is 11.9 Å². The summed E-state index contributed by atoms with van der Waals surface area (Å²) >= 11 is 5.70. The van der Waals surface area contributed by atoms with Crippen molar-refractivity contribution in [2.75, 3.05) is 12.8 Å². The number of anilines is 1. The zero-order valence-electron chi connectivity index (χ0n) is 9.35. The highest BCUT2D eigenvalue weighted by atomic mass is 35.5. The first kappa shape index (κ1) is 12.4. The lowest BCUT2D eigenvalue weighted by Crippen LogP contribution is -2.09. The van der Waals surface area contributed by atoms with Crippen molar-refractivity contribution in [3.8, 4) is 5.69 Å². The summed E-state index contributed by atoms with van der Waals surface area (Å²) in [5.74, 6) is -1.26. The van der Waals surface area contributed by atoms with Gasteiger partial charge >= 0.3 is 5.97 Å². The third-order valence-corrected chi connectivity index (χ3v) is 2.52. The molecule has 1 aromatic heterocycles. The molecule has 0 bridgehead atoms. The van der Waals surface area contributed by atoms with Gasteiger partial charge in [0.25, 0.3) is 0 Å². The van der Waals surface area contributed by atoms with Gasteiger partial charge < -0.3 is 10.5 Å². The maximum absolute atomic E-state index is 13.8. The van der Waals surface area contributed by atoms with Gasteiger partial charge in [-0.1, -0.05) is 11.6 Å². The fourth-order valence-electron chi connectivity index (χ4n) is 1.47. The van der Waals surface area contributed by atoms with Gasteiger partial charge in [-0.25, -0.2) is 13.9 Å². The van der Waals surface area contributed by atoms with Crippen LogP contribution in [0.4, 0.5) is 10.1 Å². The van der Waals surface area contributed by atoms with Crippen LogP contribution in [-0.2, 0) is 4.74 Å². The molecule has 0 atom stereocenters. The molecule has 1 heterocycles. The molecule has 0 fully saturated rings. The molecular weight excluding hydrogens is 261 g/mol. The van der Waals surface area contributed by atoms with Crippen LogP contribution in [0.15, 0.2) is 24.5 Å². The maximum atomic E-state index is 13.8. The minimum atomic E-state index is -0.646. The molecule has 0 aliphatic rings. The fraction of sp³-hybridized carbons (Fsp3) is 0.0909. The Bertz CT molecular complexity index is 612. The minimum absolute atomic E-state index is 0.00125. The first-order valence-corrected chi connectivity index (χ1v) is 5.28. The van der Waals surface area contributed by atoms with Crippen LogP contribution in [0, 0.1) is 5.82 Å². The number of halogens is 2. The van der Waals surface area contributed by atoms with Crippen molar-refractivity contribution in [3.05, 3.63) is 40.9 Å². The van der Waals surface area contributed by atoms with Crippen molar-refractivity contribution in [1.82, 2.24) is 9.78 Å². The van der Waals surface area contributed by atoms with Crippen LogP contribution in [-0.4, -0.2) is 22.9 Å². The Morgan fingerprint density at radius 1 is 1.56 bits per heavy atom. The molecule has 7 heteroatoms. The number of benzene rings is 1. The van der Waals surface area contributed by atoms with E-state index in [-0.39, 0.29) is 16.9 Å². The number of hydrogen-bond donors (Lipinski definition) is 1. The summed E-state index contributed by atoms with van der Waals surface area (Å²) in [5, 5.41) is 4.21. The predicted molar refractivity (Wildman–Crippen MR) is 64.3 cm³/mol. The van der Waals surface area contributed by atoms with E-state index in [0.29, 0.717) is 5.02 Å². The summed E-state index contributed by atoms with van der Waals surface area (Å²) in [6.45, 7) is 0. The molecule has 18 heavy (non-hydrogen) atoms. The molecule has 0 spiro atoms. The predicted octanol–water partition coefficient (Wildman–Crippen LogP) is 2.03. The first-order valence-electron chi connectivity index (χ1n) is 4.91. The Balaban J connectivity index is 2.58. The minimum Gasteiger partial charge on any atom is -0.465 e. The molecule has 1 aromatic carbocycles. The number of aromatic nitrogens is 2. The summed E-state index contributed by atoms with van der Waals surface area (Å²) in [5.41, 5.74) is 5.69. The summed E-state index contributed by atoms with van der Waals surface area (Å²) in [6.07, 6.45) is 2.77. The van der Waals surface area contributed by atoms with Crippen molar-refractivity contribution in [3.63, 3.8) is 0 Å². The number of hydrogen-bond acceptors (Lipinski definition) is 4. The number of carbonyl (C=O) groups is 1. The summed E-state index contributed by atoms with van der Waals surface area (Å²) in [7, 11) is 1.22. The van der Waals surface area contributed by atoms with Gasteiger partial charge in [-0.15, -0.1) is 0 Å². The smallest absolute Gasteiger partial charge is 0.340 e. The highest BCUT2D eigenvalue weighted by Crippen LogP contribution is 2.22. The summed E-state index contributed by atoms with van der Waals surface area (Å²) in [6, 6.07) is 2.30. The molecule has 0 aliphatic carbocycles. The van der Waals surface area contributed by atoms with Crippen molar-refractivity contribution >= 4 is 23.3 Å². The normalized spacial score (nSPS) is 10.4. The lowest BCUT2D eigenvalue weighted by Gasteiger charge is -2.08. The van der Waals surface area contributed by atoms with Crippen LogP contribution in [0.3, 0.4) is 0 Å². The average Bonchev–Trinajstić information content (AvgIpc) is 2.75. The molecule has 94 valence electrons. The van der Waals surface area contributed by atoms with Crippen LogP contribution in [0.1, 0.15) is 10.4 Å². The quantitative estimate of drug-likeness (QED) is 0.669. The number of carbonyl (C=O) groups excluding carboxylic acids is 1. The van der Waals surface area contributed by atoms with Crippen LogP contribution in [0.2, 0.25) is 5.02 Å². The molecular formula is C11H9ClFN3O2. The van der Waals surface area contributed by atoms with E-state index in [2.05, 4.69) is 9.84 Å². The third-order valence-electron chi connectivity index (χ3n) is 2.32. The zero-order valence-corrected chi connectivity index (χ0v) is 10.1. The molecule has 5 nitrogen and oxygen atoms in total. The Morgan fingerprint density at radius 3 is 2.83 bits per heavy atom. The van der Waals surface area contributed by atoms with E-state index in [1.807, 2.05) is 0 Å². The molecule has 2 aromatic rings. The third kappa shape index (κ3) is 2.14. The van der Waals surface area contributed by atoms with Gasteiger partial charge in [-0.05, 0) is 12.1 Å². The van der Waals surface area contributed by atoms with Crippen molar-refractivity contribution in [1.29, 1.82) is 0 Å². The SMILES string of the molecule is COC(=O)c1cc(-n2cc(Cl)cn2)c(F)cc1N. The highest BCUT2D eigenvalue weighted by molar-refractivity contribution is 6.30. The second-order valence-corrected chi connectivity index (χ2v) is 3.92. The van der Waals surface area contributed by atoms with Crippen molar-refractivity contribution in [2.24, 2.45) is 0 Å². The molecule has 0 unspecified atom stereocenters. The van der Waals surface area contributed by atoms with E-state index in [9.17, 15) is 9.18 Å². The Kier molecular flexibility index (Phi) is 3.20. The number of methoxy groups -OCH3 is 1. The van der Waals surface area contributed by atoms with Crippen LogP contribution in [0.25, 0.3) is 5.69 Å². The molecule has 0 aliphatic heterocycles. The molecule has 0 amide bonds. The van der Waals surface area contributed by atoms with E-state index in [4.69, 9.17) is 17.3 Å². The second kappa shape index (κ2) is 4.66. The molecule has 2 N–H and O–H groups in total. The summed E-state index contributed by atoms with van der Waals surface area (Å²) in [4.78, 5) is 11.5. The first-order chi connectivity index (χ1) is 8.52. The van der Waals surface area contributed by atoms with Gasteiger partial charge in [0.15, 0.2) is 5.82 Å². The monoisotopic (exact) mass is 269 g/mol. The Morgan fingerprint density at radius 2 is 2.28 bits per heavy atom. The number of esters is 1. The average molecular weight is 270 g/mol. The van der Waals surface area contributed by atoms with Crippen molar-refractivity contribution in [2.45, 2.75) is 0 Å². The lowest BCUT2D eigenvalue weighted by molar-refractivity contribution is 0.0602. The van der Waals surface area contributed by atoms with E-state index < -0.39 is 11.8 Å². The molecule has 0 saturated heterocycles. The van der Waals surface area contributed by atoms with Gasteiger partial charge in [0.2, 0.25) is 0 Å². The number of nitrogens with zero attached hydrogens (tertiary/aromatic N) is 2. The van der Waals surface area contributed by atoms with Crippen LogP contribution in [0.5, 0.6) is 0 Å². The topological polar surface area (TPSA) is 70.1 Å². The maximum Gasteiger partial charge on any atom is 0.340 e. The number of nitrogens with two attached hydrogens (primary N) is 1. The fourth-order valence-corrected chi connectivity index (χ4v) is 1.61. The largest absolute Gasteiger partial charge is 0.465 e. The molecule has 0 saturated carbocycles. The van der Waals surface area contributed by atoms with Gasteiger partial charge in [0.1, 0.15) is 5.69 Å². The van der Waals surface area contributed by atoms with Gasteiger partial charge in [-0.3, -0.25) is 0 Å². The molecule has 2 rings (SSSR count). The standard InChI is InChI=1S/C11H9ClFN3O2/c1-18-11(17)7-2-10(8(13)3-9(7)14)16-5-6(12)4-15-16/h2-5H,14H2,1H3. The van der Waals surface area contributed by atoms with Crippen LogP contribution < -0.4 is 5.73 Å². The van der Waals surface area contributed by atoms with E-state index in [1.54, 1.807) is 0 Å². The van der Waals surface area contributed by atoms with E-state index in [0.717, 1.165) is 6.07 Å². The number of ether oxygens (including phenoxy) is 1. The summed E-state index contributed by atoms with van der Waals surface area (Å²) < 4.78 is 19.5. The lowest BCUT2D eigenvalue weighted by atomic mass is 10.1. The second-order valence-electron chi connectivity index (χ2n) is 3.49. The Hall–Kier alpha value is -2.08. The van der Waals surface area contributed by atoms with Crippen LogP contribution >= 0.6 is 11.6 Å². The zero-order chi connectivity index (χ0) is 13.3. The molecule has 0 radical (unpaired) electrons. The van der Waals surface area contributed by atoms with E-state index >= 15 is 0 Å². The number of nitrogen functional groups attached to an aromatic ring is 1. The highest BCUT2D eigenvalue weighted by Gasteiger charge is 2.16.